The van der Waals surface area contributed by atoms with Crippen LogP contribution in [0, 0.1) is 0 Å². The molecule has 2 heterocycles. The molecule has 0 spiro atoms. The largest absolute Gasteiger partial charge is 0.476 e. The summed E-state index contributed by atoms with van der Waals surface area (Å²) in [5.41, 5.74) is 0.0268. The first kappa shape index (κ1) is 12.8. The van der Waals surface area contributed by atoms with Gasteiger partial charge in [0.1, 0.15) is 0 Å². The van der Waals surface area contributed by atoms with E-state index in [2.05, 4.69) is 21.9 Å². The lowest BCUT2D eigenvalue weighted by Gasteiger charge is -2.35. The quantitative estimate of drug-likeness (QED) is 0.852. The molecule has 1 aromatic heterocycles. The van der Waals surface area contributed by atoms with E-state index in [1.165, 1.54) is 12.4 Å². The summed E-state index contributed by atoms with van der Waals surface area (Å²) in [7, 11) is 3.99. The molecule has 1 aliphatic heterocycles. The smallest absolute Gasteiger partial charge is 0.358 e. The van der Waals surface area contributed by atoms with Gasteiger partial charge in [-0.15, -0.1) is 0 Å². The van der Waals surface area contributed by atoms with Crippen molar-refractivity contribution in [2.45, 2.75) is 18.9 Å². The van der Waals surface area contributed by atoms with Crippen LogP contribution in [-0.2, 0) is 0 Å². The summed E-state index contributed by atoms with van der Waals surface area (Å²) < 4.78 is 0. The highest BCUT2D eigenvalue weighted by Crippen LogP contribution is 2.21. The third-order valence-electron chi connectivity index (χ3n) is 3.45. The van der Waals surface area contributed by atoms with Crippen LogP contribution in [0.1, 0.15) is 23.3 Å². The molecule has 0 radical (unpaired) electrons. The molecule has 0 atom stereocenters. The molecule has 18 heavy (non-hydrogen) atoms. The van der Waals surface area contributed by atoms with Gasteiger partial charge in [-0.05, 0) is 33.0 Å². The highest BCUT2D eigenvalue weighted by molar-refractivity contribution is 5.90. The number of hydrogen-bond donors (Lipinski definition) is 1. The zero-order chi connectivity index (χ0) is 13.1. The van der Waals surface area contributed by atoms with Gasteiger partial charge in [0.15, 0.2) is 11.5 Å². The first-order valence-corrected chi connectivity index (χ1v) is 6.05. The van der Waals surface area contributed by atoms with Gasteiger partial charge in [-0.2, -0.15) is 0 Å². The monoisotopic (exact) mass is 250 g/mol. The van der Waals surface area contributed by atoms with Gasteiger partial charge in [0.05, 0.1) is 0 Å². The van der Waals surface area contributed by atoms with E-state index in [1.807, 2.05) is 11.9 Å². The fourth-order valence-corrected chi connectivity index (χ4v) is 2.29. The number of piperidine rings is 1. The number of rotatable bonds is 3. The first-order chi connectivity index (χ1) is 8.59. The van der Waals surface area contributed by atoms with E-state index in [1.54, 1.807) is 0 Å². The first-order valence-electron chi connectivity index (χ1n) is 6.05. The van der Waals surface area contributed by atoms with E-state index in [9.17, 15) is 4.79 Å². The molecule has 1 fully saturated rings. The van der Waals surface area contributed by atoms with Crippen LogP contribution in [0.2, 0.25) is 0 Å². The Morgan fingerprint density at radius 1 is 1.39 bits per heavy atom. The predicted molar refractivity (Wildman–Crippen MR) is 67.9 cm³/mol. The molecule has 0 aliphatic carbocycles. The molecule has 0 amide bonds. The lowest BCUT2D eigenvalue weighted by molar-refractivity contribution is 0.0690. The minimum atomic E-state index is -1.03. The average molecular weight is 250 g/mol. The highest BCUT2D eigenvalue weighted by atomic mass is 16.4. The molecule has 0 bridgehead atoms. The van der Waals surface area contributed by atoms with Crippen molar-refractivity contribution in [2.75, 3.05) is 32.1 Å². The minimum Gasteiger partial charge on any atom is -0.476 e. The van der Waals surface area contributed by atoms with Crippen LogP contribution in [0.4, 0.5) is 5.82 Å². The average Bonchev–Trinajstić information content (AvgIpc) is 2.39. The maximum atomic E-state index is 11.1. The lowest BCUT2D eigenvalue weighted by atomic mass is 10.0. The summed E-state index contributed by atoms with van der Waals surface area (Å²) in [6.45, 7) is 2.05. The molecule has 98 valence electrons. The van der Waals surface area contributed by atoms with Crippen LogP contribution in [0.15, 0.2) is 12.4 Å². The molecule has 6 nitrogen and oxygen atoms in total. The van der Waals surface area contributed by atoms with E-state index in [0.717, 1.165) is 25.9 Å². The van der Waals surface area contributed by atoms with Crippen LogP contribution in [0.3, 0.4) is 0 Å². The Bertz CT molecular complexity index is 430. The van der Waals surface area contributed by atoms with E-state index in [4.69, 9.17) is 5.11 Å². The topological polar surface area (TPSA) is 69.6 Å². The van der Waals surface area contributed by atoms with Gasteiger partial charge < -0.3 is 14.9 Å². The maximum Gasteiger partial charge on any atom is 0.358 e. The Labute approximate surface area is 106 Å². The number of likely N-dealkylation sites (tertiary alicyclic amines) is 1. The number of aromatic carboxylic acids is 1. The van der Waals surface area contributed by atoms with Crippen LogP contribution >= 0.6 is 0 Å². The summed E-state index contributed by atoms with van der Waals surface area (Å²) in [4.78, 5) is 23.4. The van der Waals surface area contributed by atoms with Crippen molar-refractivity contribution < 1.29 is 9.90 Å². The normalized spacial score (nSPS) is 17.7. The van der Waals surface area contributed by atoms with Gasteiger partial charge in [0.25, 0.3) is 0 Å². The van der Waals surface area contributed by atoms with Crippen molar-refractivity contribution in [2.24, 2.45) is 0 Å². The molecule has 0 aromatic carbocycles. The number of hydrogen-bond acceptors (Lipinski definition) is 5. The summed E-state index contributed by atoms with van der Waals surface area (Å²) in [5.74, 6) is -0.572. The van der Waals surface area contributed by atoms with E-state index in [0.29, 0.717) is 11.9 Å². The summed E-state index contributed by atoms with van der Waals surface area (Å²) in [6, 6.07) is 0.330. The van der Waals surface area contributed by atoms with Gasteiger partial charge in [0, 0.05) is 25.5 Å². The molecule has 6 heteroatoms. The molecule has 1 N–H and O–H groups in total. The van der Waals surface area contributed by atoms with Crippen LogP contribution in [0.25, 0.3) is 0 Å². The second kappa shape index (κ2) is 5.30. The molecule has 0 unspecified atom stereocenters. The Morgan fingerprint density at radius 3 is 2.61 bits per heavy atom. The Kier molecular flexibility index (Phi) is 3.76. The van der Waals surface area contributed by atoms with Crippen LogP contribution in [0.5, 0.6) is 0 Å². The Balaban J connectivity index is 2.18. The van der Waals surface area contributed by atoms with E-state index in [-0.39, 0.29) is 5.69 Å². The highest BCUT2D eigenvalue weighted by Gasteiger charge is 2.25. The van der Waals surface area contributed by atoms with Crippen molar-refractivity contribution in [3.05, 3.63) is 18.1 Å². The summed E-state index contributed by atoms with van der Waals surface area (Å²) in [5, 5.41) is 9.12. The zero-order valence-corrected chi connectivity index (χ0v) is 10.7. The van der Waals surface area contributed by atoms with Crippen molar-refractivity contribution in [3.63, 3.8) is 0 Å². The van der Waals surface area contributed by atoms with Crippen LogP contribution < -0.4 is 4.90 Å². The maximum absolute atomic E-state index is 11.1. The molecular weight excluding hydrogens is 232 g/mol. The van der Waals surface area contributed by atoms with E-state index >= 15 is 0 Å². The van der Waals surface area contributed by atoms with Crippen molar-refractivity contribution in [1.29, 1.82) is 0 Å². The third kappa shape index (κ3) is 2.59. The molecular formula is C12H18N4O2. The van der Waals surface area contributed by atoms with Crippen molar-refractivity contribution >= 4 is 11.8 Å². The number of carbonyl (C=O) groups is 1. The van der Waals surface area contributed by atoms with Gasteiger partial charge >= 0.3 is 5.97 Å². The van der Waals surface area contributed by atoms with Gasteiger partial charge in [-0.1, -0.05) is 0 Å². The molecule has 1 saturated heterocycles. The fraction of sp³-hybridized carbons (Fsp3) is 0.583. The number of nitrogens with zero attached hydrogens (tertiary/aromatic N) is 4. The number of aromatic nitrogens is 2. The van der Waals surface area contributed by atoms with Gasteiger partial charge in [-0.3, -0.25) is 0 Å². The summed E-state index contributed by atoms with van der Waals surface area (Å²) >= 11 is 0. The second-order valence-electron chi connectivity index (χ2n) is 4.68. The standard InChI is InChI=1S/C12H18N4O2/c1-15-7-3-9(4-8-15)16(2)11-10(12(17)18)13-5-6-14-11/h5-6,9H,3-4,7-8H2,1-2H3,(H,17,18). The number of anilines is 1. The molecule has 0 saturated carbocycles. The van der Waals surface area contributed by atoms with Crippen LogP contribution in [-0.4, -0.2) is 59.2 Å². The second-order valence-corrected chi connectivity index (χ2v) is 4.68. The van der Waals surface area contributed by atoms with Gasteiger partial charge in [0.2, 0.25) is 0 Å². The van der Waals surface area contributed by atoms with E-state index < -0.39 is 5.97 Å². The molecule has 1 aromatic rings. The lowest BCUT2D eigenvalue weighted by Crippen LogP contribution is -2.42. The summed E-state index contributed by atoms with van der Waals surface area (Å²) in [6.07, 6.45) is 4.98. The third-order valence-corrected chi connectivity index (χ3v) is 3.45. The number of carboxylic acid groups (broad SMARTS) is 1. The Morgan fingerprint density at radius 2 is 2.00 bits per heavy atom. The SMILES string of the molecule is CN1CCC(N(C)c2nccnc2C(=O)O)CC1. The number of carboxylic acids is 1. The van der Waals surface area contributed by atoms with Crippen molar-refractivity contribution in [1.82, 2.24) is 14.9 Å². The minimum absolute atomic E-state index is 0.0268. The predicted octanol–water partition coefficient (Wildman–Crippen LogP) is 0.705. The zero-order valence-electron chi connectivity index (χ0n) is 10.7. The molecule has 2 rings (SSSR count). The fourth-order valence-electron chi connectivity index (χ4n) is 2.29. The van der Waals surface area contributed by atoms with Crippen molar-refractivity contribution in [3.8, 4) is 0 Å². The Hall–Kier alpha value is -1.69. The van der Waals surface area contributed by atoms with Gasteiger partial charge in [-0.25, -0.2) is 14.8 Å². The molecule has 1 aliphatic rings.